The van der Waals surface area contributed by atoms with Gasteiger partial charge in [-0.15, -0.1) is 0 Å². The lowest BCUT2D eigenvalue weighted by molar-refractivity contribution is 0.0950. The van der Waals surface area contributed by atoms with Crippen molar-refractivity contribution < 1.29 is 14.3 Å². The molecule has 7 heteroatoms. The van der Waals surface area contributed by atoms with Gasteiger partial charge in [-0.3, -0.25) is 14.6 Å². The number of benzene rings is 3. The molecule has 34 heavy (non-hydrogen) atoms. The largest absolute Gasteiger partial charge is 0.457 e. The van der Waals surface area contributed by atoms with Crippen LogP contribution in [0.4, 0.5) is 5.69 Å². The molecule has 4 N–H and O–H groups in total. The standard InChI is InChI=1S/C27H24N4O3/c28-25(19-6-8-21(9-7-19)27(33)31-22-14-16-29-17-15-22)18-30-26(32)20-10-12-24(13-11-20)34-23-4-2-1-3-5-23/h1-17,25H,18,28H2,(H,30,32)(H,29,31,33). The fourth-order valence-corrected chi connectivity index (χ4v) is 3.24. The van der Waals surface area contributed by atoms with Crippen molar-refractivity contribution in [1.29, 1.82) is 0 Å². The van der Waals surface area contributed by atoms with Gasteiger partial charge in [0, 0.05) is 41.8 Å². The fourth-order valence-electron chi connectivity index (χ4n) is 3.24. The minimum atomic E-state index is -0.415. The van der Waals surface area contributed by atoms with Crippen LogP contribution in [0.25, 0.3) is 0 Å². The summed E-state index contributed by atoms with van der Waals surface area (Å²) in [7, 11) is 0. The molecule has 7 nitrogen and oxygen atoms in total. The number of hydrogen-bond acceptors (Lipinski definition) is 5. The van der Waals surface area contributed by atoms with E-state index in [1.165, 1.54) is 0 Å². The number of amides is 2. The molecule has 0 aliphatic rings. The molecule has 0 spiro atoms. The summed E-state index contributed by atoms with van der Waals surface area (Å²) in [6.07, 6.45) is 3.22. The molecule has 0 saturated carbocycles. The number of nitrogens with one attached hydrogen (secondary N) is 2. The summed E-state index contributed by atoms with van der Waals surface area (Å²) in [5, 5.41) is 5.65. The smallest absolute Gasteiger partial charge is 0.255 e. The predicted octanol–water partition coefficient (Wildman–Crippen LogP) is 4.56. The van der Waals surface area contributed by atoms with E-state index in [0.29, 0.717) is 22.6 Å². The maximum absolute atomic E-state index is 12.5. The number of nitrogens with zero attached hydrogens (tertiary/aromatic N) is 1. The zero-order chi connectivity index (χ0) is 23.8. The quantitative estimate of drug-likeness (QED) is 0.363. The van der Waals surface area contributed by atoms with Gasteiger partial charge >= 0.3 is 0 Å². The third-order valence-electron chi connectivity index (χ3n) is 5.12. The van der Waals surface area contributed by atoms with Crippen molar-refractivity contribution >= 4 is 17.5 Å². The number of anilines is 1. The monoisotopic (exact) mass is 452 g/mol. The first kappa shape index (κ1) is 22.7. The van der Waals surface area contributed by atoms with Gasteiger partial charge in [0.2, 0.25) is 0 Å². The Morgan fingerprint density at radius 1 is 0.765 bits per heavy atom. The van der Waals surface area contributed by atoms with E-state index in [0.717, 1.165) is 11.3 Å². The summed E-state index contributed by atoms with van der Waals surface area (Å²) in [5.74, 6) is 0.924. The predicted molar refractivity (Wildman–Crippen MR) is 131 cm³/mol. The van der Waals surface area contributed by atoms with E-state index < -0.39 is 6.04 Å². The topological polar surface area (TPSA) is 106 Å². The average molecular weight is 453 g/mol. The van der Waals surface area contributed by atoms with Crippen LogP contribution >= 0.6 is 0 Å². The molecular formula is C27H24N4O3. The molecule has 0 fully saturated rings. The first-order valence-electron chi connectivity index (χ1n) is 10.8. The van der Waals surface area contributed by atoms with E-state index in [1.54, 1.807) is 73.1 Å². The Balaban J connectivity index is 1.28. The van der Waals surface area contributed by atoms with Crippen molar-refractivity contribution in [2.75, 3.05) is 11.9 Å². The van der Waals surface area contributed by atoms with Crippen LogP contribution in [0.5, 0.6) is 11.5 Å². The molecule has 1 aromatic heterocycles. The van der Waals surface area contributed by atoms with Gasteiger partial charge in [0.15, 0.2) is 0 Å². The Bertz CT molecular complexity index is 1230. The third kappa shape index (κ3) is 6.05. The van der Waals surface area contributed by atoms with Crippen LogP contribution in [0.1, 0.15) is 32.3 Å². The number of carbonyl (C=O) groups excluding carboxylic acids is 2. The Hall–Kier alpha value is -4.49. The number of ether oxygens (including phenoxy) is 1. The summed E-state index contributed by atoms with van der Waals surface area (Å²) < 4.78 is 5.75. The summed E-state index contributed by atoms with van der Waals surface area (Å²) in [5.41, 5.74) is 8.74. The molecule has 1 heterocycles. The minimum Gasteiger partial charge on any atom is -0.457 e. The van der Waals surface area contributed by atoms with Crippen LogP contribution in [0.15, 0.2) is 103 Å². The number of hydrogen-bond donors (Lipinski definition) is 3. The number of para-hydroxylation sites is 1. The molecule has 1 atom stereocenters. The number of nitrogens with two attached hydrogens (primary N) is 1. The highest BCUT2D eigenvalue weighted by atomic mass is 16.5. The van der Waals surface area contributed by atoms with Crippen LogP contribution in [0, 0.1) is 0 Å². The molecular weight excluding hydrogens is 428 g/mol. The van der Waals surface area contributed by atoms with Gasteiger partial charge in [-0.05, 0) is 66.2 Å². The Labute approximate surface area is 197 Å². The van der Waals surface area contributed by atoms with Gasteiger partial charge in [-0.2, -0.15) is 0 Å². The van der Waals surface area contributed by atoms with E-state index in [4.69, 9.17) is 10.5 Å². The Morgan fingerprint density at radius 2 is 1.35 bits per heavy atom. The minimum absolute atomic E-state index is 0.223. The van der Waals surface area contributed by atoms with E-state index >= 15 is 0 Å². The van der Waals surface area contributed by atoms with Crippen molar-refractivity contribution in [2.45, 2.75) is 6.04 Å². The van der Waals surface area contributed by atoms with Gasteiger partial charge in [-0.25, -0.2) is 0 Å². The summed E-state index contributed by atoms with van der Waals surface area (Å²) in [4.78, 5) is 28.8. The molecule has 1 unspecified atom stereocenters. The third-order valence-corrected chi connectivity index (χ3v) is 5.12. The zero-order valence-corrected chi connectivity index (χ0v) is 18.3. The van der Waals surface area contributed by atoms with E-state index in [-0.39, 0.29) is 18.4 Å². The Morgan fingerprint density at radius 3 is 2.03 bits per heavy atom. The number of carbonyl (C=O) groups is 2. The summed E-state index contributed by atoms with van der Waals surface area (Å²) >= 11 is 0. The first-order chi connectivity index (χ1) is 16.6. The lowest BCUT2D eigenvalue weighted by Gasteiger charge is -2.14. The molecule has 3 aromatic carbocycles. The van der Waals surface area contributed by atoms with Gasteiger partial charge in [0.25, 0.3) is 11.8 Å². The molecule has 170 valence electrons. The van der Waals surface area contributed by atoms with Crippen molar-refractivity contribution in [3.8, 4) is 11.5 Å². The van der Waals surface area contributed by atoms with Crippen molar-refractivity contribution in [3.05, 3.63) is 120 Å². The van der Waals surface area contributed by atoms with E-state index in [2.05, 4.69) is 15.6 Å². The van der Waals surface area contributed by atoms with Crippen LogP contribution in [0.3, 0.4) is 0 Å². The second-order valence-electron chi connectivity index (χ2n) is 7.57. The molecule has 4 rings (SSSR count). The second-order valence-corrected chi connectivity index (χ2v) is 7.57. The highest BCUT2D eigenvalue weighted by Crippen LogP contribution is 2.21. The van der Waals surface area contributed by atoms with E-state index in [9.17, 15) is 9.59 Å². The lowest BCUT2D eigenvalue weighted by Crippen LogP contribution is -2.31. The van der Waals surface area contributed by atoms with Crippen LogP contribution in [-0.4, -0.2) is 23.3 Å². The highest BCUT2D eigenvalue weighted by molar-refractivity contribution is 6.04. The van der Waals surface area contributed by atoms with Crippen LogP contribution in [-0.2, 0) is 0 Å². The summed E-state index contributed by atoms with van der Waals surface area (Å²) in [6, 6.07) is 26.3. The fraction of sp³-hybridized carbons (Fsp3) is 0.0741. The van der Waals surface area contributed by atoms with Gasteiger partial charge in [-0.1, -0.05) is 30.3 Å². The summed E-state index contributed by atoms with van der Waals surface area (Å²) in [6.45, 7) is 0.254. The van der Waals surface area contributed by atoms with Gasteiger partial charge in [0.1, 0.15) is 11.5 Å². The van der Waals surface area contributed by atoms with Gasteiger partial charge in [0.05, 0.1) is 0 Å². The number of aromatic nitrogens is 1. The first-order valence-corrected chi connectivity index (χ1v) is 10.8. The molecule has 0 saturated heterocycles. The van der Waals surface area contributed by atoms with Gasteiger partial charge < -0.3 is 21.1 Å². The maximum atomic E-state index is 12.5. The average Bonchev–Trinajstić information content (AvgIpc) is 2.89. The Kier molecular flexibility index (Phi) is 7.27. The van der Waals surface area contributed by atoms with Crippen LogP contribution < -0.4 is 21.1 Å². The van der Waals surface area contributed by atoms with Crippen molar-refractivity contribution in [2.24, 2.45) is 5.73 Å². The molecule has 0 aliphatic heterocycles. The highest BCUT2D eigenvalue weighted by Gasteiger charge is 2.12. The van der Waals surface area contributed by atoms with E-state index in [1.807, 2.05) is 30.3 Å². The number of rotatable bonds is 8. The molecule has 2 amide bonds. The van der Waals surface area contributed by atoms with Crippen molar-refractivity contribution in [3.63, 3.8) is 0 Å². The SMILES string of the molecule is NC(CNC(=O)c1ccc(Oc2ccccc2)cc1)c1ccc(C(=O)Nc2ccncc2)cc1. The molecule has 0 bridgehead atoms. The van der Waals surface area contributed by atoms with Crippen molar-refractivity contribution in [1.82, 2.24) is 10.3 Å². The lowest BCUT2D eigenvalue weighted by atomic mass is 10.0. The molecule has 0 aliphatic carbocycles. The zero-order valence-electron chi connectivity index (χ0n) is 18.3. The molecule has 4 aromatic rings. The van der Waals surface area contributed by atoms with Crippen LogP contribution in [0.2, 0.25) is 0 Å². The normalized spacial score (nSPS) is 11.3. The molecule has 0 radical (unpaired) electrons. The second kappa shape index (κ2) is 10.9. The number of pyridine rings is 1. The maximum Gasteiger partial charge on any atom is 0.255 e.